The number of rotatable bonds is 7. The van der Waals surface area contributed by atoms with Crippen molar-refractivity contribution in [3.8, 4) is 5.75 Å². The summed E-state index contributed by atoms with van der Waals surface area (Å²) in [6.07, 6.45) is 1.25. The first kappa shape index (κ1) is 14.0. The molecule has 1 N–H and O–H groups in total. The first-order valence-corrected chi connectivity index (χ1v) is 6.04. The minimum absolute atomic E-state index is 0.253. The van der Waals surface area contributed by atoms with Crippen LogP contribution in [0.2, 0.25) is 0 Å². The summed E-state index contributed by atoms with van der Waals surface area (Å²) >= 11 is 0. The van der Waals surface area contributed by atoms with Gasteiger partial charge in [0.05, 0.1) is 13.2 Å². The molecule has 1 aromatic carbocycles. The average Bonchev–Trinajstić information content (AvgIpc) is 2.36. The van der Waals surface area contributed by atoms with Gasteiger partial charge in [-0.05, 0) is 38.0 Å². The number of nitrogens with one attached hydrogen (secondary N) is 1. The van der Waals surface area contributed by atoms with Crippen molar-refractivity contribution in [1.29, 1.82) is 0 Å². The minimum Gasteiger partial charge on any atom is -0.497 e. The van der Waals surface area contributed by atoms with Gasteiger partial charge in [-0.25, -0.2) is 0 Å². The van der Waals surface area contributed by atoms with Crippen molar-refractivity contribution in [2.75, 3.05) is 20.8 Å². The van der Waals surface area contributed by atoms with Crippen LogP contribution >= 0.6 is 0 Å². The Bertz CT molecular complexity index is 328. The van der Waals surface area contributed by atoms with Gasteiger partial charge in [0, 0.05) is 19.7 Å². The highest BCUT2D eigenvalue weighted by Crippen LogP contribution is 2.13. The molecule has 17 heavy (non-hydrogen) atoms. The van der Waals surface area contributed by atoms with Gasteiger partial charge in [0.15, 0.2) is 0 Å². The lowest BCUT2D eigenvalue weighted by Gasteiger charge is -2.17. The molecule has 3 nitrogen and oxygen atoms in total. The number of hydrogen-bond acceptors (Lipinski definition) is 3. The third-order valence-corrected chi connectivity index (χ3v) is 2.83. The number of ether oxygens (including phenoxy) is 2. The van der Waals surface area contributed by atoms with Gasteiger partial charge >= 0.3 is 0 Å². The van der Waals surface area contributed by atoms with E-state index in [1.165, 1.54) is 5.56 Å². The first-order valence-electron chi connectivity index (χ1n) is 6.04. The predicted molar refractivity (Wildman–Crippen MR) is 70.6 cm³/mol. The maximum Gasteiger partial charge on any atom is 0.119 e. The van der Waals surface area contributed by atoms with Crippen LogP contribution in [0, 0.1) is 0 Å². The third kappa shape index (κ3) is 5.20. The van der Waals surface area contributed by atoms with Crippen molar-refractivity contribution >= 4 is 0 Å². The Kier molecular flexibility index (Phi) is 6.01. The van der Waals surface area contributed by atoms with E-state index in [1.807, 2.05) is 12.1 Å². The molecule has 1 aromatic rings. The summed E-state index contributed by atoms with van der Waals surface area (Å²) in [4.78, 5) is 0. The van der Waals surface area contributed by atoms with E-state index >= 15 is 0 Å². The molecule has 0 heterocycles. The van der Waals surface area contributed by atoms with Gasteiger partial charge in [-0.3, -0.25) is 0 Å². The molecule has 2 atom stereocenters. The topological polar surface area (TPSA) is 30.5 Å². The molecule has 0 aromatic heterocycles. The molecule has 0 amide bonds. The Morgan fingerprint density at radius 1 is 1.24 bits per heavy atom. The summed E-state index contributed by atoms with van der Waals surface area (Å²) in [5, 5.41) is 3.45. The third-order valence-electron chi connectivity index (χ3n) is 2.83. The van der Waals surface area contributed by atoms with Gasteiger partial charge in [-0.15, -0.1) is 0 Å². The van der Waals surface area contributed by atoms with Crippen LogP contribution < -0.4 is 10.1 Å². The van der Waals surface area contributed by atoms with E-state index in [2.05, 4.69) is 31.3 Å². The van der Waals surface area contributed by atoms with Crippen LogP contribution in [-0.2, 0) is 11.2 Å². The molecule has 2 unspecified atom stereocenters. The van der Waals surface area contributed by atoms with Crippen molar-refractivity contribution in [2.24, 2.45) is 0 Å². The second kappa shape index (κ2) is 7.30. The van der Waals surface area contributed by atoms with Crippen LogP contribution in [0.5, 0.6) is 5.75 Å². The Hall–Kier alpha value is -1.06. The van der Waals surface area contributed by atoms with Gasteiger partial charge in [-0.1, -0.05) is 12.1 Å². The van der Waals surface area contributed by atoms with Crippen LogP contribution in [0.4, 0.5) is 0 Å². The van der Waals surface area contributed by atoms with Gasteiger partial charge < -0.3 is 14.8 Å². The van der Waals surface area contributed by atoms with E-state index in [0.29, 0.717) is 6.04 Å². The lowest BCUT2D eigenvalue weighted by Crippen LogP contribution is -2.34. The van der Waals surface area contributed by atoms with Gasteiger partial charge in [-0.2, -0.15) is 0 Å². The molecule has 0 fully saturated rings. The fraction of sp³-hybridized carbons (Fsp3) is 0.571. The van der Waals surface area contributed by atoms with E-state index in [1.54, 1.807) is 14.2 Å². The zero-order chi connectivity index (χ0) is 12.7. The Morgan fingerprint density at radius 2 is 2.00 bits per heavy atom. The maximum absolute atomic E-state index is 5.21. The zero-order valence-electron chi connectivity index (χ0n) is 11.2. The highest BCUT2D eigenvalue weighted by Gasteiger charge is 2.06. The quantitative estimate of drug-likeness (QED) is 0.789. The molecule has 0 radical (unpaired) electrons. The normalized spacial score (nSPS) is 14.4. The molecule has 0 aliphatic carbocycles. The Labute approximate surface area is 104 Å². The monoisotopic (exact) mass is 237 g/mol. The SMILES string of the molecule is COc1cccc(CC(C)NCC(C)OC)c1. The largest absolute Gasteiger partial charge is 0.497 e. The van der Waals surface area contributed by atoms with Crippen LogP contribution in [0.3, 0.4) is 0 Å². The highest BCUT2D eigenvalue weighted by atomic mass is 16.5. The van der Waals surface area contributed by atoms with E-state index in [9.17, 15) is 0 Å². The maximum atomic E-state index is 5.21. The second-order valence-electron chi connectivity index (χ2n) is 4.41. The number of hydrogen-bond donors (Lipinski definition) is 1. The molecule has 3 heteroatoms. The molecule has 0 spiro atoms. The van der Waals surface area contributed by atoms with E-state index < -0.39 is 0 Å². The molecule has 0 saturated heterocycles. The summed E-state index contributed by atoms with van der Waals surface area (Å²) in [5.74, 6) is 0.917. The summed E-state index contributed by atoms with van der Waals surface area (Å²) in [6.45, 7) is 5.12. The predicted octanol–water partition coefficient (Wildman–Crippen LogP) is 2.25. The Morgan fingerprint density at radius 3 is 2.65 bits per heavy atom. The van der Waals surface area contributed by atoms with Crippen LogP contribution in [0.25, 0.3) is 0 Å². The van der Waals surface area contributed by atoms with Crippen molar-refractivity contribution in [1.82, 2.24) is 5.32 Å². The van der Waals surface area contributed by atoms with Crippen molar-refractivity contribution < 1.29 is 9.47 Å². The molecule has 96 valence electrons. The van der Waals surface area contributed by atoms with Gasteiger partial charge in [0.25, 0.3) is 0 Å². The van der Waals surface area contributed by atoms with E-state index in [4.69, 9.17) is 9.47 Å². The first-order chi connectivity index (χ1) is 8.15. The van der Waals surface area contributed by atoms with Crippen LogP contribution in [-0.4, -0.2) is 32.9 Å². The van der Waals surface area contributed by atoms with E-state index in [0.717, 1.165) is 18.7 Å². The van der Waals surface area contributed by atoms with Gasteiger partial charge in [0.1, 0.15) is 5.75 Å². The van der Waals surface area contributed by atoms with Crippen molar-refractivity contribution in [2.45, 2.75) is 32.4 Å². The van der Waals surface area contributed by atoms with E-state index in [-0.39, 0.29) is 6.10 Å². The number of benzene rings is 1. The van der Waals surface area contributed by atoms with Crippen LogP contribution in [0.15, 0.2) is 24.3 Å². The summed E-state index contributed by atoms with van der Waals surface area (Å²) in [6, 6.07) is 8.63. The fourth-order valence-corrected chi connectivity index (χ4v) is 1.68. The smallest absolute Gasteiger partial charge is 0.119 e. The lowest BCUT2D eigenvalue weighted by molar-refractivity contribution is 0.115. The molecule has 0 saturated carbocycles. The van der Waals surface area contributed by atoms with Crippen molar-refractivity contribution in [3.05, 3.63) is 29.8 Å². The lowest BCUT2D eigenvalue weighted by atomic mass is 10.1. The second-order valence-corrected chi connectivity index (χ2v) is 4.41. The molecule has 0 aliphatic heterocycles. The summed E-state index contributed by atoms with van der Waals surface area (Å²) < 4.78 is 10.4. The molecule has 0 bridgehead atoms. The molecule has 1 rings (SSSR count). The standard InChI is InChI=1S/C14H23NO2/c1-11(15-10-12(2)16-3)8-13-6-5-7-14(9-13)17-4/h5-7,9,11-12,15H,8,10H2,1-4H3. The fourth-order valence-electron chi connectivity index (χ4n) is 1.68. The molecule has 0 aliphatic rings. The average molecular weight is 237 g/mol. The van der Waals surface area contributed by atoms with Crippen molar-refractivity contribution in [3.63, 3.8) is 0 Å². The molecular formula is C14H23NO2. The Balaban J connectivity index is 2.41. The zero-order valence-corrected chi connectivity index (χ0v) is 11.2. The van der Waals surface area contributed by atoms with Gasteiger partial charge in [0.2, 0.25) is 0 Å². The minimum atomic E-state index is 0.253. The van der Waals surface area contributed by atoms with Crippen LogP contribution in [0.1, 0.15) is 19.4 Å². The highest BCUT2D eigenvalue weighted by molar-refractivity contribution is 5.28. The molecular weight excluding hydrogens is 214 g/mol. The summed E-state index contributed by atoms with van der Waals surface area (Å²) in [5.41, 5.74) is 1.29. The summed E-state index contributed by atoms with van der Waals surface area (Å²) in [7, 11) is 3.43. The number of methoxy groups -OCH3 is 2.